The molecule has 4 aliphatic heterocycles. The molecule has 6 rings (SSSR count). The van der Waals surface area contributed by atoms with E-state index >= 15 is 0 Å². The first kappa shape index (κ1) is 19.4. The quantitative estimate of drug-likeness (QED) is 0.758. The number of aromatic nitrogens is 3. The molecule has 3 saturated heterocycles. The molecule has 2 aromatic rings. The highest BCUT2D eigenvalue weighted by atomic mass is 16.5. The molecule has 7 heteroatoms. The van der Waals surface area contributed by atoms with Gasteiger partial charge in [0.05, 0.1) is 6.61 Å². The Morgan fingerprint density at radius 2 is 2.00 bits per heavy atom. The largest absolute Gasteiger partial charge is 0.381 e. The van der Waals surface area contributed by atoms with E-state index in [2.05, 4.69) is 36.7 Å². The lowest BCUT2D eigenvalue weighted by Crippen LogP contribution is -2.48. The van der Waals surface area contributed by atoms with Gasteiger partial charge in [-0.1, -0.05) is 6.07 Å². The van der Waals surface area contributed by atoms with E-state index in [-0.39, 0.29) is 5.56 Å². The van der Waals surface area contributed by atoms with E-state index < -0.39 is 0 Å². The van der Waals surface area contributed by atoms with Crippen LogP contribution < -0.4 is 10.5 Å². The third kappa shape index (κ3) is 3.57. The van der Waals surface area contributed by atoms with Crippen LogP contribution in [0, 0.1) is 11.3 Å². The molecule has 0 aromatic carbocycles. The van der Waals surface area contributed by atoms with Gasteiger partial charge in [-0.15, -0.1) is 5.10 Å². The summed E-state index contributed by atoms with van der Waals surface area (Å²) in [7, 11) is 0. The van der Waals surface area contributed by atoms with Crippen LogP contribution in [0.25, 0.3) is 0 Å². The first-order valence-electron chi connectivity index (χ1n) is 11.7. The van der Waals surface area contributed by atoms with Crippen LogP contribution in [0.4, 0.5) is 5.82 Å². The van der Waals surface area contributed by atoms with Crippen molar-refractivity contribution in [3.05, 3.63) is 52.1 Å². The minimum atomic E-state index is 0.227. The average molecular weight is 422 g/mol. The SMILES string of the molecule is O=c1c(CN2CCC3(CCOC3)CC2)ccc2n1C[C@H]1C[C@@H]2CN(c2cccnn2)C1. The van der Waals surface area contributed by atoms with Crippen molar-refractivity contribution in [1.29, 1.82) is 0 Å². The van der Waals surface area contributed by atoms with Crippen molar-refractivity contribution in [2.45, 2.75) is 44.7 Å². The van der Waals surface area contributed by atoms with Crippen molar-refractivity contribution in [2.75, 3.05) is 44.3 Å². The minimum Gasteiger partial charge on any atom is -0.381 e. The number of ether oxygens (including phenoxy) is 1. The maximum absolute atomic E-state index is 13.4. The van der Waals surface area contributed by atoms with E-state index in [9.17, 15) is 4.79 Å². The molecule has 0 aliphatic carbocycles. The van der Waals surface area contributed by atoms with Crippen LogP contribution in [-0.2, 0) is 17.8 Å². The number of piperidine rings is 2. The molecule has 3 fully saturated rings. The Labute approximate surface area is 183 Å². The maximum Gasteiger partial charge on any atom is 0.255 e. The highest BCUT2D eigenvalue weighted by Gasteiger charge is 2.39. The van der Waals surface area contributed by atoms with Gasteiger partial charge in [-0.05, 0) is 68.3 Å². The smallest absolute Gasteiger partial charge is 0.255 e. The summed E-state index contributed by atoms with van der Waals surface area (Å²) >= 11 is 0. The molecule has 2 aromatic heterocycles. The van der Waals surface area contributed by atoms with Gasteiger partial charge in [-0.3, -0.25) is 9.69 Å². The Kier molecular flexibility index (Phi) is 4.83. The number of hydrogen-bond donors (Lipinski definition) is 0. The number of fused-ring (bicyclic) bond motifs is 4. The number of anilines is 1. The van der Waals surface area contributed by atoms with Gasteiger partial charge in [0.1, 0.15) is 0 Å². The predicted molar refractivity (Wildman–Crippen MR) is 118 cm³/mol. The monoisotopic (exact) mass is 421 g/mol. The summed E-state index contributed by atoms with van der Waals surface area (Å²) in [5.41, 5.74) is 2.78. The third-order valence-corrected chi connectivity index (χ3v) is 8.06. The fraction of sp³-hybridized carbons (Fsp3) is 0.625. The van der Waals surface area contributed by atoms with Crippen LogP contribution >= 0.6 is 0 Å². The van der Waals surface area contributed by atoms with E-state index in [1.807, 2.05) is 12.1 Å². The Morgan fingerprint density at radius 3 is 2.77 bits per heavy atom. The van der Waals surface area contributed by atoms with Gasteiger partial charge >= 0.3 is 0 Å². The first-order valence-corrected chi connectivity index (χ1v) is 11.7. The van der Waals surface area contributed by atoms with Crippen LogP contribution in [0.1, 0.15) is 42.9 Å². The van der Waals surface area contributed by atoms with Gasteiger partial charge in [0.15, 0.2) is 5.82 Å². The van der Waals surface area contributed by atoms with Crippen LogP contribution in [0.15, 0.2) is 35.3 Å². The Bertz CT molecular complexity index is 991. The fourth-order valence-electron chi connectivity index (χ4n) is 6.23. The maximum atomic E-state index is 13.4. The summed E-state index contributed by atoms with van der Waals surface area (Å²) in [5.74, 6) is 1.81. The summed E-state index contributed by atoms with van der Waals surface area (Å²) in [6, 6.07) is 8.29. The molecule has 0 radical (unpaired) electrons. The number of nitrogens with zero attached hydrogens (tertiary/aromatic N) is 5. The Hall–Kier alpha value is -2.25. The van der Waals surface area contributed by atoms with Gasteiger partial charge in [0.25, 0.3) is 5.56 Å². The Morgan fingerprint density at radius 1 is 1.10 bits per heavy atom. The molecule has 0 amide bonds. The minimum absolute atomic E-state index is 0.227. The molecule has 4 aliphatic rings. The highest BCUT2D eigenvalue weighted by Crippen LogP contribution is 2.39. The van der Waals surface area contributed by atoms with E-state index in [1.165, 1.54) is 25.0 Å². The summed E-state index contributed by atoms with van der Waals surface area (Å²) in [6.07, 6.45) is 6.47. The van der Waals surface area contributed by atoms with Crippen molar-refractivity contribution < 1.29 is 4.74 Å². The summed E-state index contributed by atoms with van der Waals surface area (Å²) in [6.45, 7) is 7.43. The van der Waals surface area contributed by atoms with E-state index in [0.29, 0.717) is 17.3 Å². The molecule has 0 N–H and O–H groups in total. The van der Waals surface area contributed by atoms with Gasteiger partial charge in [-0.25, -0.2) is 0 Å². The second-order valence-electron chi connectivity index (χ2n) is 10.1. The zero-order chi connectivity index (χ0) is 20.8. The predicted octanol–water partition coefficient (Wildman–Crippen LogP) is 2.26. The van der Waals surface area contributed by atoms with Gasteiger partial charge in [-0.2, -0.15) is 5.10 Å². The zero-order valence-corrected chi connectivity index (χ0v) is 18.1. The third-order valence-electron chi connectivity index (χ3n) is 8.06. The van der Waals surface area contributed by atoms with Gasteiger partial charge in [0, 0.05) is 56.2 Å². The summed E-state index contributed by atoms with van der Waals surface area (Å²) < 4.78 is 7.74. The molecule has 1 spiro atoms. The molecular formula is C24H31N5O2. The number of hydrogen-bond acceptors (Lipinski definition) is 6. The molecule has 6 heterocycles. The van der Waals surface area contributed by atoms with Crippen molar-refractivity contribution in [2.24, 2.45) is 11.3 Å². The first-order chi connectivity index (χ1) is 15.2. The molecule has 0 unspecified atom stereocenters. The zero-order valence-electron chi connectivity index (χ0n) is 18.1. The van der Waals surface area contributed by atoms with Crippen LogP contribution in [-0.4, -0.2) is 59.1 Å². The Balaban J connectivity index is 1.18. The topological polar surface area (TPSA) is 63.5 Å². The molecule has 2 atom stereocenters. The number of rotatable bonds is 3. The molecule has 0 saturated carbocycles. The van der Waals surface area contributed by atoms with E-state index in [4.69, 9.17) is 4.74 Å². The number of pyridine rings is 1. The van der Waals surface area contributed by atoms with Crippen molar-refractivity contribution in [3.8, 4) is 0 Å². The summed E-state index contributed by atoms with van der Waals surface area (Å²) in [4.78, 5) is 18.2. The van der Waals surface area contributed by atoms with Crippen molar-refractivity contribution >= 4 is 5.82 Å². The molecule has 164 valence electrons. The second kappa shape index (κ2) is 7.71. The van der Waals surface area contributed by atoms with Crippen molar-refractivity contribution in [1.82, 2.24) is 19.7 Å². The molecule has 31 heavy (non-hydrogen) atoms. The van der Waals surface area contributed by atoms with Crippen LogP contribution in [0.2, 0.25) is 0 Å². The number of likely N-dealkylation sites (tertiary alicyclic amines) is 1. The molecule has 7 nitrogen and oxygen atoms in total. The van der Waals surface area contributed by atoms with Gasteiger partial charge < -0.3 is 14.2 Å². The lowest BCUT2D eigenvalue weighted by Gasteiger charge is -2.43. The second-order valence-corrected chi connectivity index (χ2v) is 10.1. The van der Waals surface area contributed by atoms with E-state index in [1.54, 1.807) is 6.20 Å². The lowest BCUT2D eigenvalue weighted by atomic mass is 9.78. The summed E-state index contributed by atoms with van der Waals surface area (Å²) in [5, 5.41) is 8.35. The molecule has 2 bridgehead atoms. The van der Waals surface area contributed by atoms with Crippen molar-refractivity contribution in [3.63, 3.8) is 0 Å². The fourth-order valence-corrected chi connectivity index (χ4v) is 6.23. The lowest BCUT2D eigenvalue weighted by molar-refractivity contribution is 0.0770. The van der Waals surface area contributed by atoms with Crippen LogP contribution in [0.5, 0.6) is 0 Å². The molecular weight excluding hydrogens is 390 g/mol. The van der Waals surface area contributed by atoms with Crippen LogP contribution in [0.3, 0.4) is 0 Å². The average Bonchev–Trinajstić information content (AvgIpc) is 3.26. The van der Waals surface area contributed by atoms with E-state index in [0.717, 1.165) is 70.3 Å². The normalized spacial score (nSPS) is 27.4. The highest BCUT2D eigenvalue weighted by molar-refractivity contribution is 5.39. The van der Waals surface area contributed by atoms with Gasteiger partial charge in [0.2, 0.25) is 0 Å². The standard InChI is InChI=1S/C24H31N5O2/c30-23-19(15-27-9-5-24(6-10-27)7-11-31-17-24)3-4-21-20-12-18(14-29(21)23)13-28(16-20)22-2-1-8-25-26-22/h1-4,8,18,20H,5-7,9-17H2/t18-,20+/m0/s1.